The third-order valence-electron chi connectivity index (χ3n) is 4.00. The van der Waals surface area contributed by atoms with Crippen molar-refractivity contribution in [1.29, 1.82) is 0 Å². The molecule has 0 saturated carbocycles. The molecule has 4 nitrogen and oxygen atoms in total. The number of carbonyl (C=O) groups excluding carboxylic acids is 1. The van der Waals surface area contributed by atoms with Gasteiger partial charge in [0.1, 0.15) is 0 Å². The molecule has 2 amide bonds. The number of piperidine rings is 1. The molecule has 0 aromatic rings. The highest BCUT2D eigenvalue weighted by atomic mass is 16.2. The molecule has 2 fully saturated rings. The summed E-state index contributed by atoms with van der Waals surface area (Å²) in [4.78, 5) is 13.8. The summed E-state index contributed by atoms with van der Waals surface area (Å²) < 4.78 is 0. The Morgan fingerprint density at radius 3 is 2.76 bits per heavy atom. The van der Waals surface area contributed by atoms with Crippen LogP contribution in [0.1, 0.15) is 39.0 Å². The van der Waals surface area contributed by atoms with E-state index in [1.807, 2.05) is 4.90 Å². The van der Waals surface area contributed by atoms with Crippen molar-refractivity contribution in [2.24, 2.45) is 5.92 Å². The van der Waals surface area contributed by atoms with Crippen LogP contribution in [-0.4, -0.2) is 43.2 Å². The summed E-state index contributed by atoms with van der Waals surface area (Å²) in [5.41, 5.74) is 0. The third-order valence-corrected chi connectivity index (χ3v) is 4.00. The minimum absolute atomic E-state index is 0.134. The van der Waals surface area contributed by atoms with E-state index in [0.29, 0.717) is 6.04 Å². The van der Waals surface area contributed by atoms with Gasteiger partial charge in [-0.1, -0.05) is 6.92 Å². The lowest BCUT2D eigenvalue weighted by molar-refractivity contribution is 0.173. The fraction of sp³-hybridized carbons (Fsp3) is 0.923. The van der Waals surface area contributed by atoms with Crippen LogP contribution < -0.4 is 10.6 Å². The maximum absolute atomic E-state index is 11.9. The molecule has 2 heterocycles. The van der Waals surface area contributed by atoms with Crippen molar-refractivity contribution in [3.63, 3.8) is 0 Å². The number of urea groups is 1. The average molecular weight is 239 g/mol. The molecule has 2 aliphatic rings. The Hall–Kier alpha value is -0.770. The van der Waals surface area contributed by atoms with Gasteiger partial charge in [-0.2, -0.15) is 0 Å². The number of carbonyl (C=O) groups is 1. The summed E-state index contributed by atoms with van der Waals surface area (Å²) >= 11 is 0. The lowest BCUT2D eigenvalue weighted by atomic mass is 10.00. The van der Waals surface area contributed by atoms with E-state index in [4.69, 9.17) is 0 Å². The van der Waals surface area contributed by atoms with Crippen LogP contribution in [-0.2, 0) is 0 Å². The SMILES string of the molecule is CC1CCN(C(=O)NCCC2CCCN2)CC1. The third kappa shape index (κ3) is 3.87. The highest BCUT2D eigenvalue weighted by Crippen LogP contribution is 2.15. The number of nitrogens with one attached hydrogen (secondary N) is 2. The molecular weight excluding hydrogens is 214 g/mol. The number of amides is 2. The molecule has 0 aromatic heterocycles. The molecule has 0 bridgehead atoms. The normalized spacial score (nSPS) is 26.2. The average Bonchev–Trinajstić information content (AvgIpc) is 2.83. The van der Waals surface area contributed by atoms with E-state index < -0.39 is 0 Å². The molecule has 2 saturated heterocycles. The Bertz CT molecular complexity index is 243. The van der Waals surface area contributed by atoms with E-state index >= 15 is 0 Å². The van der Waals surface area contributed by atoms with Crippen molar-refractivity contribution in [1.82, 2.24) is 15.5 Å². The number of hydrogen-bond acceptors (Lipinski definition) is 2. The van der Waals surface area contributed by atoms with Crippen LogP contribution in [0.15, 0.2) is 0 Å². The molecule has 0 aromatic carbocycles. The fourth-order valence-corrected chi connectivity index (χ4v) is 2.68. The monoisotopic (exact) mass is 239 g/mol. The van der Waals surface area contributed by atoms with Crippen LogP contribution in [0.25, 0.3) is 0 Å². The van der Waals surface area contributed by atoms with Crippen molar-refractivity contribution < 1.29 is 4.79 Å². The number of rotatable bonds is 3. The Morgan fingerprint density at radius 2 is 2.12 bits per heavy atom. The van der Waals surface area contributed by atoms with Crippen LogP contribution in [0.5, 0.6) is 0 Å². The predicted molar refractivity (Wildman–Crippen MR) is 69.0 cm³/mol. The summed E-state index contributed by atoms with van der Waals surface area (Å²) in [6, 6.07) is 0.756. The van der Waals surface area contributed by atoms with E-state index in [9.17, 15) is 4.79 Å². The second kappa shape index (κ2) is 6.24. The molecule has 17 heavy (non-hydrogen) atoms. The standard InChI is InChI=1S/C13H25N3O/c1-11-5-9-16(10-6-11)13(17)15-8-4-12-3-2-7-14-12/h11-12,14H,2-10H2,1H3,(H,15,17). The van der Waals surface area contributed by atoms with Gasteiger partial charge in [0.25, 0.3) is 0 Å². The van der Waals surface area contributed by atoms with Gasteiger partial charge in [-0.3, -0.25) is 0 Å². The first-order chi connectivity index (χ1) is 8.25. The Balaban J connectivity index is 1.60. The Morgan fingerprint density at radius 1 is 1.35 bits per heavy atom. The van der Waals surface area contributed by atoms with E-state index in [-0.39, 0.29) is 6.03 Å². The van der Waals surface area contributed by atoms with Crippen molar-refractivity contribution in [3.8, 4) is 0 Å². The number of nitrogens with zero attached hydrogens (tertiary/aromatic N) is 1. The van der Waals surface area contributed by atoms with Gasteiger partial charge in [-0.25, -0.2) is 4.79 Å². The summed E-state index contributed by atoms with van der Waals surface area (Å²) in [6.07, 6.45) is 5.91. The first-order valence-corrected chi connectivity index (χ1v) is 7.02. The van der Waals surface area contributed by atoms with E-state index in [1.54, 1.807) is 0 Å². The first kappa shape index (κ1) is 12.7. The predicted octanol–water partition coefficient (Wildman–Crippen LogP) is 1.57. The fourth-order valence-electron chi connectivity index (χ4n) is 2.68. The summed E-state index contributed by atoms with van der Waals surface area (Å²) in [7, 11) is 0. The summed E-state index contributed by atoms with van der Waals surface area (Å²) in [5, 5.41) is 6.49. The Labute approximate surface area is 104 Å². The van der Waals surface area contributed by atoms with Crippen molar-refractivity contribution in [3.05, 3.63) is 0 Å². The summed E-state index contributed by atoms with van der Waals surface area (Å²) in [5.74, 6) is 0.779. The minimum Gasteiger partial charge on any atom is -0.338 e. The zero-order valence-corrected chi connectivity index (χ0v) is 10.9. The van der Waals surface area contributed by atoms with E-state index in [2.05, 4.69) is 17.6 Å². The quantitative estimate of drug-likeness (QED) is 0.785. The molecule has 1 unspecified atom stereocenters. The minimum atomic E-state index is 0.134. The molecule has 4 heteroatoms. The summed E-state index contributed by atoms with van der Waals surface area (Å²) in [6.45, 7) is 6.07. The van der Waals surface area contributed by atoms with E-state index in [1.165, 1.54) is 12.8 Å². The zero-order valence-electron chi connectivity index (χ0n) is 10.9. The van der Waals surface area contributed by atoms with Gasteiger partial charge in [0.15, 0.2) is 0 Å². The molecule has 2 rings (SSSR count). The smallest absolute Gasteiger partial charge is 0.317 e. The molecule has 1 atom stereocenters. The molecule has 0 aliphatic carbocycles. The molecule has 0 spiro atoms. The van der Waals surface area contributed by atoms with Crippen molar-refractivity contribution in [2.45, 2.75) is 45.1 Å². The molecule has 0 radical (unpaired) electrons. The van der Waals surface area contributed by atoms with Gasteiger partial charge < -0.3 is 15.5 Å². The lowest BCUT2D eigenvalue weighted by Crippen LogP contribution is -2.45. The van der Waals surface area contributed by atoms with Crippen LogP contribution in [0.2, 0.25) is 0 Å². The molecule has 98 valence electrons. The number of hydrogen-bond donors (Lipinski definition) is 2. The van der Waals surface area contributed by atoms with Gasteiger partial charge in [0.2, 0.25) is 0 Å². The van der Waals surface area contributed by atoms with Gasteiger partial charge in [0, 0.05) is 25.7 Å². The van der Waals surface area contributed by atoms with Crippen LogP contribution in [0.3, 0.4) is 0 Å². The topological polar surface area (TPSA) is 44.4 Å². The van der Waals surface area contributed by atoms with Crippen LogP contribution in [0.4, 0.5) is 4.79 Å². The largest absolute Gasteiger partial charge is 0.338 e. The second-order valence-electron chi connectivity index (χ2n) is 5.48. The molecular formula is C13H25N3O. The number of likely N-dealkylation sites (tertiary alicyclic amines) is 1. The first-order valence-electron chi connectivity index (χ1n) is 7.02. The highest BCUT2D eigenvalue weighted by Gasteiger charge is 2.20. The second-order valence-corrected chi connectivity index (χ2v) is 5.48. The van der Waals surface area contributed by atoms with Gasteiger partial charge >= 0.3 is 6.03 Å². The lowest BCUT2D eigenvalue weighted by Gasteiger charge is -2.30. The van der Waals surface area contributed by atoms with Crippen molar-refractivity contribution in [2.75, 3.05) is 26.2 Å². The Kier molecular flexibility index (Phi) is 4.66. The van der Waals surface area contributed by atoms with Crippen molar-refractivity contribution >= 4 is 6.03 Å². The van der Waals surface area contributed by atoms with Crippen LogP contribution in [0, 0.1) is 5.92 Å². The van der Waals surface area contributed by atoms with E-state index in [0.717, 1.165) is 51.4 Å². The highest BCUT2D eigenvalue weighted by molar-refractivity contribution is 5.74. The maximum Gasteiger partial charge on any atom is 0.317 e. The van der Waals surface area contributed by atoms with Gasteiger partial charge in [0.05, 0.1) is 0 Å². The zero-order chi connectivity index (χ0) is 12.1. The van der Waals surface area contributed by atoms with Gasteiger partial charge in [-0.05, 0) is 44.6 Å². The van der Waals surface area contributed by atoms with Crippen LogP contribution >= 0.6 is 0 Å². The maximum atomic E-state index is 11.9. The van der Waals surface area contributed by atoms with Gasteiger partial charge in [-0.15, -0.1) is 0 Å². The molecule has 2 N–H and O–H groups in total. The molecule has 2 aliphatic heterocycles.